The number of methoxy groups -OCH3 is 2. The molecule has 7 unspecified atom stereocenters. The van der Waals surface area contributed by atoms with Gasteiger partial charge in [-0.05, 0) is 129 Å². The van der Waals surface area contributed by atoms with E-state index in [0.717, 1.165) is 60.2 Å². The van der Waals surface area contributed by atoms with E-state index in [0.29, 0.717) is 46.6 Å². The highest BCUT2D eigenvalue weighted by Crippen LogP contribution is 2.68. The lowest BCUT2D eigenvalue weighted by molar-refractivity contribution is -0.137. The molecule has 0 bridgehead atoms. The molecule has 1 aromatic carbocycles. The number of carboxylic acid groups (broad SMARTS) is 1. The third kappa shape index (κ3) is 5.04. The van der Waals surface area contributed by atoms with Gasteiger partial charge >= 0.3 is 5.97 Å². The summed E-state index contributed by atoms with van der Waals surface area (Å²) in [6, 6.07) is 4.16. The van der Waals surface area contributed by atoms with Crippen molar-refractivity contribution in [3.8, 4) is 11.5 Å². The van der Waals surface area contributed by atoms with Gasteiger partial charge < -0.3 is 19.9 Å². The van der Waals surface area contributed by atoms with E-state index in [1.54, 1.807) is 14.2 Å². The first-order chi connectivity index (χ1) is 19.7. The Bertz CT molecular complexity index is 1300. The zero-order valence-electron chi connectivity index (χ0n) is 25.0. The van der Waals surface area contributed by atoms with Gasteiger partial charge in [0.05, 0.1) is 19.7 Å². The highest BCUT2D eigenvalue weighted by molar-refractivity contribution is 6.28. The maximum Gasteiger partial charge on any atom is 0.303 e. The second kappa shape index (κ2) is 11.1. The summed E-state index contributed by atoms with van der Waals surface area (Å²) in [6.07, 6.45) is 13.7. The lowest BCUT2D eigenvalue weighted by atomic mass is 9.44. The number of aromatic nitrogens is 2. The number of benzene rings is 1. The van der Waals surface area contributed by atoms with Gasteiger partial charge in [-0.1, -0.05) is 13.8 Å². The Morgan fingerprint density at radius 3 is 2.49 bits per heavy atom. The van der Waals surface area contributed by atoms with E-state index < -0.39 is 5.97 Å². The highest BCUT2D eigenvalue weighted by atomic mass is 35.5. The van der Waals surface area contributed by atoms with Crippen LogP contribution < -0.4 is 14.8 Å². The van der Waals surface area contributed by atoms with E-state index in [1.807, 2.05) is 12.1 Å². The first-order valence-electron chi connectivity index (χ1n) is 15.7. The molecule has 8 heteroatoms. The number of nitrogens with zero attached hydrogens (tertiary/aromatic N) is 2. The Labute approximate surface area is 249 Å². The maximum atomic E-state index is 11.1. The monoisotopic (exact) mass is 583 g/mol. The molecule has 4 saturated carbocycles. The lowest BCUT2D eigenvalue weighted by Gasteiger charge is -2.61. The van der Waals surface area contributed by atoms with Crippen molar-refractivity contribution in [1.82, 2.24) is 9.97 Å². The summed E-state index contributed by atoms with van der Waals surface area (Å²) >= 11 is 6.37. The van der Waals surface area contributed by atoms with Crippen LogP contribution in [-0.4, -0.2) is 41.3 Å². The van der Waals surface area contributed by atoms with Crippen molar-refractivity contribution >= 4 is 34.3 Å². The van der Waals surface area contributed by atoms with Crippen LogP contribution in [0.25, 0.3) is 10.9 Å². The van der Waals surface area contributed by atoms with E-state index >= 15 is 0 Å². The van der Waals surface area contributed by atoms with Crippen LogP contribution in [0.3, 0.4) is 0 Å². The molecule has 4 aliphatic carbocycles. The molecule has 6 rings (SSSR count). The summed E-state index contributed by atoms with van der Waals surface area (Å²) < 4.78 is 11.0. The van der Waals surface area contributed by atoms with Crippen molar-refractivity contribution in [3.05, 3.63) is 17.4 Å². The number of nitrogens with one attached hydrogen (secondary N) is 1. The fourth-order valence-electron chi connectivity index (χ4n) is 10.2. The summed E-state index contributed by atoms with van der Waals surface area (Å²) in [4.78, 5) is 20.2. The molecule has 0 radical (unpaired) electrons. The van der Waals surface area contributed by atoms with Crippen LogP contribution in [0, 0.1) is 40.4 Å². The number of ether oxygens (including phenoxy) is 2. The van der Waals surface area contributed by atoms with E-state index in [-0.39, 0.29) is 5.28 Å². The predicted octanol–water partition coefficient (Wildman–Crippen LogP) is 7.99. The van der Waals surface area contributed by atoms with Crippen LogP contribution in [-0.2, 0) is 4.79 Å². The number of aliphatic carboxylic acids is 1. The zero-order chi connectivity index (χ0) is 28.9. The smallest absolute Gasteiger partial charge is 0.303 e. The van der Waals surface area contributed by atoms with Crippen LogP contribution in [0.1, 0.15) is 90.9 Å². The molecule has 0 aliphatic heterocycles. The third-order valence-corrected chi connectivity index (χ3v) is 12.5. The summed E-state index contributed by atoms with van der Waals surface area (Å²) in [5.74, 6) is 5.27. The normalized spacial score (nSPS) is 36.2. The second-order valence-corrected chi connectivity index (χ2v) is 14.3. The predicted molar refractivity (Wildman–Crippen MR) is 162 cm³/mol. The number of anilines is 1. The van der Waals surface area contributed by atoms with Crippen molar-refractivity contribution in [2.45, 2.75) is 96.9 Å². The number of carboxylic acids is 1. The van der Waals surface area contributed by atoms with Gasteiger partial charge in [-0.15, -0.1) is 0 Å². The van der Waals surface area contributed by atoms with Gasteiger partial charge in [0.15, 0.2) is 11.5 Å². The lowest BCUT2D eigenvalue weighted by Crippen LogP contribution is -2.54. The molecule has 7 nitrogen and oxygen atoms in total. The van der Waals surface area contributed by atoms with E-state index in [2.05, 4.69) is 29.1 Å². The first kappa shape index (κ1) is 28.8. The topological polar surface area (TPSA) is 93.6 Å². The molecule has 8 atom stereocenters. The Morgan fingerprint density at radius 2 is 1.73 bits per heavy atom. The molecule has 0 spiro atoms. The Morgan fingerprint density at radius 1 is 1.00 bits per heavy atom. The van der Waals surface area contributed by atoms with Crippen LogP contribution in [0.15, 0.2) is 12.1 Å². The average Bonchev–Trinajstić information content (AvgIpc) is 3.28. The van der Waals surface area contributed by atoms with Gasteiger partial charge in [-0.25, -0.2) is 9.97 Å². The fourth-order valence-corrected chi connectivity index (χ4v) is 10.4. The fraction of sp³-hybridized carbons (Fsp3) is 0.727. The van der Waals surface area contributed by atoms with Gasteiger partial charge in [0, 0.05) is 23.9 Å². The number of hydrogen-bond acceptors (Lipinski definition) is 6. The molecule has 2 aromatic rings. The standard InChI is InChI=1S/C33H46ClN3O4/c1-32-15-13-25-22(24(32)11-9-19(32)6-5-7-29(38)39)10-8-20-16-21(12-14-33(20,25)2)35-30-23-17-27(40-3)28(41-4)18-26(23)36-31(34)37-30/h17-22,24-25H,5-16H2,1-4H3,(H,38,39)(H,35,36,37)/t19?,20?,21-,22?,24?,25?,32?,33?/m1/s1. The quantitative estimate of drug-likeness (QED) is 0.304. The third-order valence-electron chi connectivity index (χ3n) is 12.3. The zero-order valence-corrected chi connectivity index (χ0v) is 25.8. The number of fused-ring (bicyclic) bond motifs is 6. The van der Waals surface area contributed by atoms with Crippen LogP contribution in [0.5, 0.6) is 11.5 Å². The van der Waals surface area contributed by atoms with Crippen molar-refractivity contribution < 1.29 is 19.4 Å². The summed E-state index contributed by atoms with van der Waals surface area (Å²) in [7, 11) is 3.27. The summed E-state index contributed by atoms with van der Waals surface area (Å²) in [5, 5.41) is 14.1. The molecule has 0 amide bonds. The van der Waals surface area contributed by atoms with E-state index in [9.17, 15) is 4.79 Å². The Hall–Kier alpha value is -2.28. The molecular weight excluding hydrogens is 538 g/mol. The van der Waals surface area contributed by atoms with Crippen molar-refractivity contribution in [3.63, 3.8) is 0 Å². The van der Waals surface area contributed by atoms with E-state index in [4.69, 9.17) is 26.2 Å². The minimum Gasteiger partial charge on any atom is -0.493 e. The molecule has 0 saturated heterocycles. The molecule has 4 fully saturated rings. The maximum absolute atomic E-state index is 11.1. The van der Waals surface area contributed by atoms with Crippen molar-refractivity contribution in [1.29, 1.82) is 0 Å². The number of carbonyl (C=O) groups is 1. The minimum absolute atomic E-state index is 0.233. The largest absolute Gasteiger partial charge is 0.493 e. The Balaban J connectivity index is 1.16. The van der Waals surface area contributed by atoms with Crippen molar-refractivity contribution in [2.24, 2.45) is 40.4 Å². The molecule has 2 N–H and O–H groups in total. The Kier molecular flexibility index (Phi) is 7.80. The van der Waals surface area contributed by atoms with Gasteiger partial charge in [-0.3, -0.25) is 4.79 Å². The van der Waals surface area contributed by atoms with E-state index in [1.165, 1.54) is 44.9 Å². The summed E-state index contributed by atoms with van der Waals surface area (Å²) in [6.45, 7) is 5.17. The molecule has 4 aliphatic rings. The van der Waals surface area contributed by atoms with Crippen LogP contribution in [0.2, 0.25) is 5.28 Å². The first-order valence-corrected chi connectivity index (χ1v) is 16.1. The SMILES string of the molecule is COc1cc2nc(Cl)nc(N[C@@H]3CCC4(C)C(CCC5C6CCC(CCCC(=O)O)C6(C)CCC54)C3)c2cc1OC. The molecular formula is C33H46ClN3O4. The number of halogens is 1. The molecule has 1 aromatic heterocycles. The van der Waals surface area contributed by atoms with Gasteiger partial charge in [0.1, 0.15) is 5.82 Å². The van der Waals surface area contributed by atoms with Crippen molar-refractivity contribution in [2.75, 3.05) is 19.5 Å². The van der Waals surface area contributed by atoms with Gasteiger partial charge in [-0.2, -0.15) is 0 Å². The van der Waals surface area contributed by atoms with Crippen LogP contribution in [0.4, 0.5) is 5.82 Å². The average molecular weight is 584 g/mol. The van der Waals surface area contributed by atoms with Gasteiger partial charge in [0.25, 0.3) is 0 Å². The highest BCUT2D eigenvalue weighted by Gasteiger charge is 2.59. The summed E-state index contributed by atoms with van der Waals surface area (Å²) in [5.41, 5.74) is 1.54. The molecule has 1 heterocycles. The molecule has 41 heavy (non-hydrogen) atoms. The second-order valence-electron chi connectivity index (χ2n) is 13.9. The minimum atomic E-state index is -0.652. The molecule has 224 valence electrons. The number of hydrogen-bond donors (Lipinski definition) is 2. The van der Waals surface area contributed by atoms with Gasteiger partial charge in [0.2, 0.25) is 5.28 Å². The van der Waals surface area contributed by atoms with Crippen LogP contribution >= 0.6 is 11.6 Å². The number of rotatable bonds is 8.